The molecule has 0 saturated carbocycles. The molecular weight excluding hydrogens is 358 g/mol. The van der Waals surface area contributed by atoms with Gasteiger partial charge in [-0.1, -0.05) is 35.5 Å². The van der Waals surface area contributed by atoms with E-state index in [9.17, 15) is 4.79 Å². The summed E-state index contributed by atoms with van der Waals surface area (Å²) in [6.45, 7) is 8.25. The number of ether oxygens (including phenoxy) is 1. The average Bonchev–Trinajstić information content (AvgIpc) is 3.15. The van der Waals surface area contributed by atoms with Gasteiger partial charge >= 0.3 is 6.09 Å². The van der Waals surface area contributed by atoms with Crippen LogP contribution >= 0.6 is 0 Å². The number of benzene rings is 1. The predicted molar refractivity (Wildman–Crippen MR) is 107 cm³/mol. The van der Waals surface area contributed by atoms with E-state index in [-0.39, 0.29) is 6.09 Å². The number of carbonyl (C=O) groups excluding carboxylic acids is 1. The molecule has 1 amide bonds. The van der Waals surface area contributed by atoms with Crippen molar-refractivity contribution in [2.45, 2.75) is 32.9 Å². The Morgan fingerprint density at radius 3 is 2.46 bits per heavy atom. The van der Waals surface area contributed by atoms with Gasteiger partial charge in [0.05, 0.1) is 6.54 Å². The van der Waals surface area contributed by atoms with E-state index in [1.807, 2.05) is 62.1 Å². The quantitative estimate of drug-likeness (QED) is 0.644. The van der Waals surface area contributed by atoms with Gasteiger partial charge in [0.1, 0.15) is 11.3 Å². The molecule has 0 aliphatic carbocycles. The molecule has 0 spiro atoms. The van der Waals surface area contributed by atoms with Crippen molar-refractivity contribution in [2.75, 3.05) is 26.2 Å². The van der Waals surface area contributed by atoms with E-state index in [0.29, 0.717) is 50.1 Å². The summed E-state index contributed by atoms with van der Waals surface area (Å²) in [5.74, 6) is 1.14. The SMILES string of the molecule is CC(C)(C)OC(=O)N1CCN(C(N)=NCc2cc(-c3ccccc3)on2)CC1. The highest BCUT2D eigenvalue weighted by atomic mass is 16.6. The van der Waals surface area contributed by atoms with E-state index < -0.39 is 5.60 Å². The zero-order chi connectivity index (χ0) is 20.1. The number of nitrogens with two attached hydrogens (primary N) is 1. The van der Waals surface area contributed by atoms with Gasteiger partial charge in [-0.05, 0) is 20.8 Å². The Labute approximate surface area is 164 Å². The van der Waals surface area contributed by atoms with Crippen molar-refractivity contribution in [3.63, 3.8) is 0 Å². The first-order valence-corrected chi connectivity index (χ1v) is 9.35. The molecule has 1 aliphatic heterocycles. The van der Waals surface area contributed by atoms with Gasteiger partial charge in [-0.15, -0.1) is 0 Å². The van der Waals surface area contributed by atoms with Gasteiger partial charge < -0.3 is 24.8 Å². The fourth-order valence-corrected chi connectivity index (χ4v) is 2.83. The lowest BCUT2D eigenvalue weighted by Crippen LogP contribution is -2.53. The zero-order valence-corrected chi connectivity index (χ0v) is 16.6. The van der Waals surface area contributed by atoms with Crippen LogP contribution in [0.4, 0.5) is 4.79 Å². The fraction of sp³-hybridized carbons (Fsp3) is 0.450. The molecule has 8 heteroatoms. The molecule has 1 aliphatic rings. The summed E-state index contributed by atoms with van der Waals surface area (Å²) in [6, 6.07) is 11.6. The maximum atomic E-state index is 12.1. The topological polar surface area (TPSA) is 97.2 Å². The first-order valence-electron chi connectivity index (χ1n) is 9.35. The predicted octanol–water partition coefficient (Wildman–Crippen LogP) is 2.71. The van der Waals surface area contributed by atoms with E-state index in [0.717, 1.165) is 5.56 Å². The molecule has 3 rings (SSSR count). The van der Waals surface area contributed by atoms with Crippen LogP contribution in [0.5, 0.6) is 0 Å². The first-order chi connectivity index (χ1) is 13.3. The monoisotopic (exact) mass is 385 g/mol. The van der Waals surface area contributed by atoms with Crippen molar-refractivity contribution in [3.05, 3.63) is 42.1 Å². The second-order valence-corrected chi connectivity index (χ2v) is 7.68. The van der Waals surface area contributed by atoms with Gasteiger partial charge in [0.2, 0.25) is 0 Å². The minimum Gasteiger partial charge on any atom is -0.444 e. The molecule has 0 atom stereocenters. The second-order valence-electron chi connectivity index (χ2n) is 7.68. The first kappa shape index (κ1) is 19.7. The molecule has 2 N–H and O–H groups in total. The lowest BCUT2D eigenvalue weighted by Gasteiger charge is -2.36. The van der Waals surface area contributed by atoms with Crippen molar-refractivity contribution in [3.8, 4) is 11.3 Å². The number of guanidine groups is 1. The number of piperazine rings is 1. The minimum absolute atomic E-state index is 0.293. The van der Waals surface area contributed by atoms with Gasteiger partial charge in [0.25, 0.3) is 0 Å². The Hall–Kier alpha value is -3.03. The zero-order valence-electron chi connectivity index (χ0n) is 16.6. The number of carbonyl (C=O) groups is 1. The summed E-state index contributed by atoms with van der Waals surface area (Å²) in [6.07, 6.45) is -0.293. The van der Waals surface area contributed by atoms with Crippen LogP contribution in [0.3, 0.4) is 0 Å². The maximum absolute atomic E-state index is 12.1. The lowest BCUT2D eigenvalue weighted by molar-refractivity contribution is 0.0186. The summed E-state index contributed by atoms with van der Waals surface area (Å²) >= 11 is 0. The van der Waals surface area contributed by atoms with Crippen molar-refractivity contribution >= 4 is 12.1 Å². The van der Waals surface area contributed by atoms with E-state index in [1.165, 1.54) is 0 Å². The van der Waals surface area contributed by atoms with Crippen LogP contribution in [0.2, 0.25) is 0 Å². The Bertz CT molecular complexity index is 818. The highest BCUT2D eigenvalue weighted by Crippen LogP contribution is 2.20. The molecule has 0 bridgehead atoms. The van der Waals surface area contributed by atoms with E-state index in [4.69, 9.17) is 15.0 Å². The van der Waals surface area contributed by atoms with Crippen LogP contribution < -0.4 is 5.73 Å². The number of aliphatic imine (C=N–C) groups is 1. The number of hydrogen-bond donors (Lipinski definition) is 1. The lowest BCUT2D eigenvalue weighted by atomic mass is 10.2. The van der Waals surface area contributed by atoms with Gasteiger partial charge in [-0.3, -0.25) is 0 Å². The van der Waals surface area contributed by atoms with Gasteiger partial charge in [-0.2, -0.15) is 0 Å². The fourth-order valence-electron chi connectivity index (χ4n) is 2.83. The normalized spacial score (nSPS) is 15.6. The largest absolute Gasteiger partial charge is 0.444 e. The van der Waals surface area contributed by atoms with Crippen LogP contribution in [0, 0.1) is 0 Å². The molecule has 8 nitrogen and oxygen atoms in total. The molecule has 1 saturated heterocycles. The number of nitrogens with zero attached hydrogens (tertiary/aromatic N) is 4. The summed E-state index contributed by atoms with van der Waals surface area (Å²) in [4.78, 5) is 20.2. The van der Waals surface area contributed by atoms with Crippen molar-refractivity contribution in [1.29, 1.82) is 0 Å². The molecule has 0 radical (unpaired) electrons. The number of amides is 1. The van der Waals surface area contributed by atoms with E-state index in [2.05, 4.69) is 10.1 Å². The van der Waals surface area contributed by atoms with Crippen LogP contribution in [0.25, 0.3) is 11.3 Å². The Balaban J connectivity index is 1.51. The Morgan fingerprint density at radius 1 is 1.18 bits per heavy atom. The van der Waals surface area contributed by atoms with Crippen molar-refractivity contribution in [2.24, 2.45) is 10.7 Å². The third-order valence-corrected chi connectivity index (χ3v) is 4.28. The van der Waals surface area contributed by atoms with Crippen LogP contribution in [-0.4, -0.2) is 58.8 Å². The molecule has 28 heavy (non-hydrogen) atoms. The Morgan fingerprint density at radius 2 is 1.82 bits per heavy atom. The summed E-state index contributed by atoms with van der Waals surface area (Å²) in [7, 11) is 0. The summed E-state index contributed by atoms with van der Waals surface area (Å²) in [5.41, 5.74) is 7.31. The van der Waals surface area contributed by atoms with Crippen LogP contribution in [0.1, 0.15) is 26.5 Å². The molecule has 0 unspecified atom stereocenters. The molecule has 1 fully saturated rings. The van der Waals surface area contributed by atoms with Gasteiger partial charge in [0.15, 0.2) is 11.7 Å². The number of rotatable bonds is 3. The summed E-state index contributed by atoms with van der Waals surface area (Å²) in [5, 5.41) is 4.05. The molecular formula is C20H27N5O3. The molecule has 1 aromatic carbocycles. The number of aromatic nitrogens is 1. The highest BCUT2D eigenvalue weighted by molar-refractivity contribution is 5.78. The second kappa shape index (κ2) is 8.33. The van der Waals surface area contributed by atoms with Crippen LogP contribution in [0.15, 0.2) is 45.9 Å². The summed E-state index contributed by atoms with van der Waals surface area (Å²) < 4.78 is 10.8. The van der Waals surface area contributed by atoms with Crippen molar-refractivity contribution in [1.82, 2.24) is 15.0 Å². The standard InChI is InChI=1S/C20H27N5O3/c1-20(2,3)27-19(26)25-11-9-24(10-12-25)18(21)22-14-16-13-17(28-23-16)15-7-5-4-6-8-15/h4-8,13H,9-12,14H2,1-3H3,(H2,21,22). The Kier molecular flexibility index (Phi) is 5.87. The van der Waals surface area contributed by atoms with Gasteiger partial charge in [-0.25, -0.2) is 9.79 Å². The molecule has 2 heterocycles. The van der Waals surface area contributed by atoms with Crippen molar-refractivity contribution < 1.29 is 14.1 Å². The highest BCUT2D eigenvalue weighted by Gasteiger charge is 2.26. The van der Waals surface area contributed by atoms with Crippen LogP contribution in [-0.2, 0) is 11.3 Å². The van der Waals surface area contributed by atoms with E-state index in [1.54, 1.807) is 4.90 Å². The minimum atomic E-state index is -0.495. The smallest absolute Gasteiger partial charge is 0.410 e. The maximum Gasteiger partial charge on any atom is 0.410 e. The third-order valence-electron chi connectivity index (χ3n) is 4.28. The molecule has 2 aromatic rings. The molecule has 150 valence electrons. The van der Waals surface area contributed by atoms with E-state index >= 15 is 0 Å². The third kappa shape index (κ3) is 5.25. The van der Waals surface area contributed by atoms with Gasteiger partial charge in [0, 0.05) is 37.8 Å². The average molecular weight is 385 g/mol. The number of hydrogen-bond acceptors (Lipinski definition) is 5. The molecule has 1 aromatic heterocycles.